The number of aryl methyl sites for hydroxylation is 2. The molecule has 293 valence electrons. The van der Waals surface area contributed by atoms with Gasteiger partial charge in [-0.3, -0.25) is 0 Å². The summed E-state index contributed by atoms with van der Waals surface area (Å²) in [6.07, 6.45) is 18.2. The SMILES string of the molecule is CCCCC1=Cc2c(-c3ccccc3CCCC)cccc2[CH]1[Hf]([Cl])([Cl])([B](NC=O)NC=O)[CH]1C(CCCC)=Cc2c(-c3ccccc3CCCC)cccc21. The van der Waals surface area contributed by atoms with Gasteiger partial charge in [0.05, 0.1) is 0 Å². The molecule has 0 radical (unpaired) electrons. The van der Waals surface area contributed by atoms with E-state index in [0.717, 1.165) is 99.3 Å². The number of carbonyl (C=O) groups is 2. The van der Waals surface area contributed by atoms with Crippen molar-refractivity contribution in [3.05, 3.63) is 129 Å². The van der Waals surface area contributed by atoms with Crippen LogP contribution in [0.15, 0.2) is 96.1 Å². The quantitative estimate of drug-likeness (QED) is 0.0646. The van der Waals surface area contributed by atoms with E-state index in [0.29, 0.717) is 12.8 Å². The molecule has 0 saturated heterocycles. The first kappa shape index (κ1) is 42.4. The number of allylic oxidation sites excluding steroid dienone is 2. The Labute approximate surface area is 344 Å². The monoisotopic (exact) mass is 955 g/mol. The van der Waals surface area contributed by atoms with Crippen LogP contribution in [0.4, 0.5) is 0 Å². The zero-order valence-corrected chi connectivity index (χ0v) is 38.8. The number of amides is 2. The Kier molecular flexibility index (Phi) is 14.4. The summed E-state index contributed by atoms with van der Waals surface area (Å²) in [7, 11) is 17.6. The fourth-order valence-corrected chi connectivity index (χ4v) is 39.3. The molecule has 0 spiro atoms. The molecule has 6 rings (SSSR count). The zero-order valence-electron chi connectivity index (χ0n) is 33.7. The summed E-state index contributed by atoms with van der Waals surface area (Å²) < 4.78 is -1.63. The van der Waals surface area contributed by atoms with Gasteiger partial charge >= 0.3 is 346 Å². The molecular formula is C48H58BCl2HfN2O2. The summed E-state index contributed by atoms with van der Waals surface area (Å²) in [4.78, 5) is 25.3. The number of carbonyl (C=O) groups excluding carboxylic acids is 2. The second-order valence-electron chi connectivity index (χ2n) is 15.9. The number of nitrogens with one attached hydrogen (secondary N) is 2. The van der Waals surface area contributed by atoms with Crippen molar-refractivity contribution < 1.29 is 25.5 Å². The van der Waals surface area contributed by atoms with Crippen molar-refractivity contribution in [1.82, 2.24) is 10.5 Å². The van der Waals surface area contributed by atoms with E-state index in [2.05, 4.69) is 135 Å². The number of unbranched alkanes of at least 4 members (excludes halogenated alkanes) is 4. The second-order valence-corrected chi connectivity index (χ2v) is 46.3. The van der Waals surface area contributed by atoms with Crippen molar-refractivity contribution in [1.29, 1.82) is 0 Å². The standard InChI is InChI=1S/2C23H27.C2H3BN2O2.2ClH.Hf/c2*1-3-5-10-18-16-20-13-9-15-22(23(20)17-18)21-14-8-7-12-19(21)11-6-4-2;6-1-4-3-5-2-7;;;/h2*7-9,12-17H,3-6,10-11H2,1-2H3;1-2H,(H-,4,5,6,7);2*1H;/q;;;;;+1/p-1. The maximum absolute atomic E-state index is 12.7. The maximum atomic E-state index is 12.7. The van der Waals surface area contributed by atoms with Gasteiger partial charge in [0.1, 0.15) is 0 Å². The molecule has 0 heterocycles. The van der Waals surface area contributed by atoms with E-state index in [1.807, 2.05) is 0 Å². The van der Waals surface area contributed by atoms with Crippen LogP contribution in [0.2, 0.25) is 0 Å². The van der Waals surface area contributed by atoms with Crippen LogP contribution in [-0.2, 0) is 38.3 Å². The minimum absolute atomic E-state index is 0.356. The van der Waals surface area contributed by atoms with Crippen LogP contribution in [0.1, 0.15) is 133 Å². The third kappa shape index (κ3) is 8.09. The van der Waals surface area contributed by atoms with Crippen LogP contribution in [0.25, 0.3) is 34.4 Å². The predicted molar refractivity (Wildman–Crippen MR) is 237 cm³/mol. The molecule has 0 bridgehead atoms. The Hall–Kier alpha value is -3.18. The average Bonchev–Trinajstić information content (AvgIpc) is 3.81. The Morgan fingerprint density at radius 1 is 0.536 bits per heavy atom. The third-order valence-electron chi connectivity index (χ3n) is 12.3. The van der Waals surface area contributed by atoms with Crippen LogP contribution in [0, 0.1) is 0 Å². The molecule has 0 aromatic heterocycles. The normalized spacial score (nSPS) is 16.6. The molecule has 2 unspecified atom stereocenters. The minimum atomic E-state index is -6.06. The molecule has 56 heavy (non-hydrogen) atoms. The summed E-state index contributed by atoms with van der Waals surface area (Å²) in [6, 6.07) is 30.7. The van der Waals surface area contributed by atoms with Gasteiger partial charge in [0.2, 0.25) is 0 Å². The van der Waals surface area contributed by atoms with Gasteiger partial charge in [0.15, 0.2) is 0 Å². The van der Waals surface area contributed by atoms with Crippen molar-refractivity contribution in [3.8, 4) is 22.3 Å². The fourth-order valence-electron chi connectivity index (χ4n) is 9.64. The van der Waals surface area contributed by atoms with Gasteiger partial charge in [-0.15, -0.1) is 0 Å². The van der Waals surface area contributed by atoms with Gasteiger partial charge in [-0.2, -0.15) is 0 Å². The van der Waals surface area contributed by atoms with E-state index in [4.69, 9.17) is 17.2 Å². The molecule has 0 saturated carbocycles. The Morgan fingerprint density at radius 3 is 1.30 bits per heavy atom. The molecule has 2 atom stereocenters. The van der Waals surface area contributed by atoms with Crippen molar-refractivity contribution in [2.75, 3.05) is 0 Å². The van der Waals surface area contributed by atoms with Gasteiger partial charge in [-0.1, -0.05) is 0 Å². The third-order valence-corrected chi connectivity index (χ3v) is 41.0. The first-order valence-corrected chi connectivity index (χ1v) is 36.2. The van der Waals surface area contributed by atoms with Crippen LogP contribution >= 0.6 is 17.2 Å². The molecule has 2 amide bonds. The Morgan fingerprint density at radius 2 is 0.911 bits per heavy atom. The molecule has 2 aliphatic rings. The molecule has 4 aromatic rings. The van der Waals surface area contributed by atoms with Crippen molar-refractivity contribution in [2.24, 2.45) is 0 Å². The number of rotatable bonds is 21. The molecule has 0 aliphatic heterocycles. The number of hydrogen-bond donors (Lipinski definition) is 2. The van der Waals surface area contributed by atoms with Gasteiger partial charge in [0, 0.05) is 0 Å². The van der Waals surface area contributed by atoms with Gasteiger partial charge in [-0.05, 0) is 0 Å². The summed E-state index contributed by atoms with van der Waals surface area (Å²) in [5.41, 5.74) is 14.4. The van der Waals surface area contributed by atoms with E-state index in [1.165, 1.54) is 44.5 Å². The van der Waals surface area contributed by atoms with E-state index in [1.54, 1.807) is 0 Å². The Bertz CT molecular complexity index is 1950. The molecule has 8 heteroatoms. The molecule has 4 aromatic carbocycles. The second kappa shape index (κ2) is 19.0. The Balaban J connectivity index is 1.65. The molecule has 4 nitrogen and oxygen atoms in total. The van der Waals surface area contributed by atoms with E-state index >= 15 is 0 Å². The topological polar surface area (TPSA) is 58.2 Å². The van der Waals surface area contributed by atoms with E-state index < -0.39 is 20.5 Å². The fraction of sp³-hybridized carbons (Fsp3) is 0.375. The molecule has 2 aliphatic carbocycles. The van der Waals surface area contributed by atoms with Crippen LogP contribution in [0.3, 0.4) is 0 Å². The first-order chi connectivity index (χ1) is 27.3. The van der Waals surface area contributed by atoms with Crippen molar-refractivity contribution in [2.45, 2.75) is 112 Å². The van der Waals surface area contributed by atoms with Crippen molar-refractivity contribution >= 4 is 46.7 Å². The summed E-state index contributed by atoms with van der Waals surface area (Å²) in [6.45, 7) is 8.90. The van der Waals surface area contributed by atoms with Gasteiger partial charge in [-0.25, -0.2) is 0 Å². The number of hydrogen-bond acceptors (Lipinski definition) is 2. The summed E-state index contributed by atoms with van der Waals surface area (Å²) in [5, 5.41) is 6.09. The number of fused-ring (bicyclic) bond motifs is 2. The summed E-state index contributed by atoms with van der Waals surface area (Å²) >= 11 is -6.06. The molecule has 2 N–H and O–H groups in total. The zero-order chi connectivity index (χ0) is 39.7. The molecule has 0 fully saturated rings. The van der Waals surface area contributed by atoms with Crippen molar-refractivity contribution in [3.63, 3.8) is 0 Å². The van der Waals surface area contributed by atoms with Gasteiger partial charge in [0.25, 0.3) is 0 Å². The average molecular weight is 955 g/mol. The van der Waals surface area contributed by atoms with Crippen LogP contribution < -0.4 is 10.5 Å². The molecular weight excluding hydrogens is 897 g/mol. The van der Waals surface area contributed by atoms with Crippen LogP contribution in [0.5, 0.6) is 0 Å². The summed E-state index contributed by atoms with van der Waals surface area (Å²) in [5.74, 6) is 0. The van der Waals surface area contributed by atoms with Gasteiger partial charge < -0.3 is 0 Å². The van der Waals surface area contributed by atoms with E-state index in [9.17, 15) is 9.59 Å². The number of halogens is 2. The predicted octanol–water partition coefficient (Wildman–Crippen LogP) is 13.1. The van der Waals surface area contributed by atoms with E-state index in [-0.39, 0.29) is 7.35 Å². The number of benzene rings is 4. The first-order valence-electron chi connectivity index (χ1n) is 21.1. The van der Waals surface area contributed by atoms with Crippen LogP contribution in [-0.4, -0.2) is 17.4 Å².